The molecule has 0 radical (unpaired) electrons. The van der Waals surface area contributed by atoms with Gasteiger partial charge >= 0.3 is 6.36 Å². The van der Waals surface area contributed by atoms with Crippen LogP contribution in [0.2, 0.25) is 0 Å². The van der Waals surface area contributed by atoms with Crippen molar-refractivity contribution in [3.8, 4) is 17.0 Å². The number of carbonyl (C=O) groups excluding carboxylic acids is 1. The van der Waals surface area contributed by atoms with Gasteiger partial charge in [0.2, 0.25) is 0 Å². The lowest BCUT2D eigenvalue weighted by atomic mass is 9.89. The Hall–Kier alpha value is -2.33. The molecule has 2 fully saturated rings. The average molecular weight is 554 g/mol. The van der Waals surface area contributed by atoms with Crippen LogP contribution in [0.4, 0.5) is 13.2 Å². The molecule has 1 unspecified atom stereocenters. The monoisotopic (exact) mass is 553 g/mol. The van der Waals surface area contributed by atoms with Gasteiger partial charge < -0.3 is 14.6 Å². The van der Waals surface area contributed by atoms with E-state index in [1.54, 1.807) is 32.9 Å². The number of aromatic nitrogens is 1. The molecule has 1 heterocycles. The van der Waals surface area contributed by atoms with E-state index < -0.39 is 28.6 Å². The van der Waals surface area contributed by atoms with E-state index in [1.165, 1.54) is 18.6 Å². The first-order chi connectivity index (χ1) is 17.8. The number of carbonyl (C=O) groups is 1. The second-order valence-corrected chi connectivity index (χ2v) is 12.8. The third-order valence-corrected chi connectivity index (χ3v) is 8.82. The van der Waals surface area contributed by atoms with Gasteiger partial charge in [0.1, 0.15) is 16.7 Å². The van der Waals surface area contributed by atoms with Crippen molar-refractivity contribution < 1.29 is 26.9 Å². The smallest absolute Gasteiger partial charge is 0.404 e. The number of hydrogen-bond acceptors (Lipinski definition) is 3. The second kappa shape index (κ2) is 11.4. The molecule has 0 spiro atoms. The first-order valence-corrected chi connectivity index (χ1v) is 14.6. The minimum Gasteiger partial charge on any atom is -0.404 e. The van der Waals surface area contributed by atoms with Crippen LogP contribution in [0.3, 0.4) is 0 Å². The number of alkyl halides is 3. The van der Waals surface area contributed by atoms with E-state index >= 15 is 0 Å². The number of amides is 1. The molecular weight excluding hydrogens is 515 g/mol. The maximum atomic E-state index is 13.4. The van der Waals surface area contributed by atoms with Crippen molar-refractivity contribution in [2.75, 3.05) is 0 Å². The van der Waals surface area contributed by atoms with E-state index in [0.717, 1.165) is 50.6 Å². The van der Waals surface area contributed by atoms with Crippen LogP contribution in [0, 0.1) is 12.8 Å². The molecule has 2 aliphatic carbocycles. The Labute approximate surface area is 225 Å². The number of benzene rings is 1. The maximum absolute atomic E-state index is 13.4. The molecule has 1 aromatic heterocycles. The van der Waals surface area contributed by atoms with Gasteiger partial charge in [-0.05, 0) is 83.9 Å². The van der Waals surface area contributed by atoms with Crippen LogP contribution in [0.1, 0.15) is 88.2 Å². The van der Waals surface area contributed by atoms with Crippen molar-refractivity contribution in [1.82, 2.24) is 14.6 Å². The maximum Gasteiger partial charge on any atom is 0.573 e. The molecule has 210 valence electrons. The predicted octanol–water partition coefficient (Wildman–Crippen LogP) is 6.64. The second-order valence-electron chi connectivity index (χ2n) is 11.6. The molecule has 2 N–H and O–H groups in total. The molecule has 2 aromatic rings. The molecule has 0 bridgehead atoms. The quantitative estimate of drug-likeness (QED) is 0.385. The molecule has 0 aliphatic heterocycles. The Kier molecular flexibility index (Phi) is 8.62. The molecule has 6 nitrogen and oxygen atoms in total. The Balaban J connectivity index is 1.75. The molecule has 2 aliphatic rings. The van der Waals surface area contributed by atoms with Gasteiger partial charge in [0, 0.05) is 35.1 Å². The van der Waals surface area contributed by atoms with Crippen molar-refractivity contribution in [2.45, 2.75) is 108 Å². The SMILES string of the molecule is Cc1c(C(=O)NC2CCC2)cc(-c2ccc(S(=O)NC(C)(C)C)c(OC(F)(F)F)c2)n1CC1CCCCC1. The summed E-state index contributed by atoms with van der Waals surface area (Å²) in [5.41, 5.74) is 1.86. The molecular formula is C28H38F3N3O3S. The van der Waals surface area contributed by atoms with Crippen LogP contribution in [-0.2, 0) is 17.5 Å². The number of nitrogens with zero attached hydrogens (tertiary/aromatic N) is 1. The van der Waals surface area contributed by atoms with E-state index in [2.05, 4.69) is 19.3 Å². The number of hydrogen-bond donors (Lipinski definition) is 2. The van der Waals surface area contributed by atoms with E-state index in [0.29, 0.717) is 29.3 Å². The van der Waals surface area contributed by atoms with E-state index in [4.69, 9.17) is 0 Å². The van der Waals surface area contributed by atoms with Crippen molar-refractivity contribution in [2.24, 2.45) is 5.92 Å². The number of rotatable bonds is 8. The summed E-state index contributed by atoms with van der Waals surface area (Å²) in [5, 5.41) is 3.08. The molecule has 2 saturated carbocycles. The third kappa shape index (κ3) is 7.20. The van der Waals surface area contributed by atoms with Gasteiger partial charge in [0.15, 0.2) is 0 Å². The van der Waals surface area contributed by atoms with Gasteiger partial charge in [-0.2, -0.15) is 0 Å². The van der Waals surface area contributed by atoms with Gasteiger partial charge in [-0.15, -0.1) is 13.2 Å². The van der Waals surface area contributed by atoms with Gasteiger partial charge in [-0.3, -0.25) is 4.79 Å². The summed E-state index contributed by atoms with van der Waals surface area (Å²) in [6, 6.07) is 6.28. The van der Waals surface area contributed by atoms with Crippen molar-refractivity contribution >= 4 is 16.9 Å². The summed E-state index contributed by atoms with van der Waals surface area (Å²) in [5.74, 6) is -0.242. The van der Waals surface area contributed by atoms with E-state index in [1.807, 2.05) is 6.92 Å². The largest absolute Gasteiger partial charge is 0.573 e. The molecule has 1 atom stereocenters. The zero-order valence-electron chi connectivity index (χ0n) is 22.5. The van der Waals surface area contributed by atoms with Crippen LogP contribution >= 0.6 is 0 Å². The van der Waals surface area contributed by atoms with Crippen molar-refractivity contribution in [3.05, 3.63) is 35.5 Å². The standard InChI is InChI=1S/C28H38F3N3O3S/c1-18-22(26(35)32-21-11-8-12-21)16-23(34(18)17-19-9-6-5-7-10-19)20-13-14-25(38(36)33-27(2,3)4)24(15-20)37-28(29,30)31/h13-16,19,21,33H,5-12,17H2,1-4H3,(H,32,35). The average Bonchev–Trinajstić information content (AvgIpc) is 3.10. The lowest BCUT2D eigenvalue weighted by Crippen LogP contribution is -2.39. The molecule has 1 amide bonds. The summed E-state index contributed by atoms with van der Waals surface area (Å²) in [6.07, 6.45) is 3.74. The first kappa shape index (κ1) is 28.7. The van der Waals surface area contributed by atoms with Gasteiger partial charge in [0.25, 0.3) is 5.91 Å². The summed E-state index contributed by atoms with van der Waals surface area (Å²) >= 11 is 0. The molecule has 1 aromatic carbocycles. The fraction of sp³-hybridized carbons (Fsp3) is 0.607. The minimum absolute atomic E-state index is 0.0916. The zero-order chi connectivity index (χ0) is 27.7. The van der Waals surface area contributed by atoms with Crippen LogP contribution in [-0.4, -0.2) is 32.6 Å². The lowest BCUT2D eigenvalue weighted by Gasteiger charge is -2.26. The summed E-state index contributed by atoms with van der Waals surface area (Å²) in [6.45, 7) is 7.92. The lowest BCUT2D eigenvalue weighted by molar-refractivity contribution is -0.275. The highest BCUT2D eigenvalue weighted by atomic mass is 32.2. The highest BCUT2D eigenvalue weighted by Crippen LogP contribution is 2.36. The summed E-state index contributed by atoms with van der Waals surface area (Å²) in [7, 11) is -1.93. The van der Waals surface area contributed by atoms with E-state index in [-0.39, 0.29) is 16.8 Å². The third-order valence-electron chi connectivity index (χ3n) is 7.28. The summed E-state index contributed by atoms with van der Waals surface area (Å²) in [4.78, 5) is 13.1. The minimum atomic E-state index is -4.95. The first-order valence-electron chi connectivity index (χ1n) is 13.4. The number of ether oxygens (including phenoxy) is 1. The van der Waals surface area contributed by atoms with Crippen LogP contribution < -0.4 is 14.8 Å². The molecule has 38 heavy (non-hydrogen) atoms. The van der Waals surface area contributed by atoms with Crippen LogP contribution in [0.5, 0.6) is 5.75 Å². The number of nitrogens with one attached hydrogen (secondary N) is 2. The van der Waals surface area contributed by atoms with Crippen LogP contribution in [0.25, 0.3) is 11.3 Å². The van der Waals surface area contributed by atoms with Gasteiger partial charge in [-0.1, -0.05) is 25.3 Å². The fourth-order valence-corrected chi connectivity index (χ4v) is 6.29. The topological polar surface area (TPSA) is 72.4 Å². The summed E-state index contributed by atoms with van der Waals surface area (Å²) < 4.78 is 62.3. The van der Waals surface area contributed by atoms with Gasteiger partial charge in [0.05, 0.1) is 10.5 Å². The Bertz CT molecular complexity index is 1180. The van der Waals surface area contributed by atoms with Crippen molar-refractivity contribution in [1.29, 1.82) is 0 Å². The van der Waals surface area contributed by atoms with Gasteiger partial charge in [-0.25, -0.2) is 8.93 Å². The highest BCUT2D eigenvalue weighted by Gasteiger charge is 2.34. The predicted molar refractivity (Wildman–Crippen MR) is 142 cm³/mol. The highest BCUT2D eigenvalue weighted by molar-refractivity contribution is 7.83. The normalized spacial score (nSPS) is 18.2. The Morgan fingerprint density at radius 3 is 2.32 bits per heavy atom. The zero-order valence-corrected chi connectivity index (χ0v) is 23.4. The molecule has 0 saturated heterocycles. The Morgan fingerprint density at radius 1 is 1.05 bits per heavy atom. The number of halogens is 3. The van der Waals surface area contributed by atoms with Crippen LogP contribution in [0.15, 0.2) is 29.2 Å². The Morgan fingerprint density at radius 2 is 1.74 bits per heavy atom. The molecule has 4 rings (SSSR count). The van der Waals surface area contributed by atoms with E-state index in [9.17, 15) is 22.2 Å². The van der Waals surface area contributed by atoms with Crippen molar-refractivity contribution in [3.63, 3.8) is 0 Å². The fourth-order valence-electron chi connectivity index (χ4n) is 5.15. The molecule has 10 heteroatoms.